The third-order valence-corrected chi connectivity index (χ3v) is 6.09. The highest BCUT2D eigenvalue weighted by molar-refractivity contribution is 6.31. The van der Waals surface area contributed by atoms with Gasteiger partial charge in [-0.3, -0.25) is 4.79 Å². The van der Waals surface area contributed by atoms with Crippen LogP contribution in [0.15, 0.2) is 41.2 Å². The monoisotopic (exact) mass is 516 g/mol. The first-order valence-electron chi connectivity index (χ1n) is 10.8. The van der Waals surface area contributed by atoms with Gasteiger partial charge in [-0.05, 0) is 48.7 Å². The molecule has 0 spiro atoms. The van der Waals surface area contributed by atoms with Crippen molar-refractivity contribution in [3.8, 4) is 5.75 Å². The minimum Gasteiger partial charge on any atom is -0.494 e. The second kappa shape index (κ2) is 10.4. The molecule has 2 atom stereocenters. The van der Waals surface area contributed by atoms with Crippen molar-refractivity contribution in [1.29, 1.82) is 0 Å². The molecule has 2 unspecified atom stereocenters. The Balaban J connectivity index is 2.30. The van der Waals surface area contributed by atoms with Crippen LogP contribution in [0.3, 0.4) is 0 Å². The largest absolute Gasteiger partial charge is 0.494 e. The molecule has 190 valence electrons. The number of pyridine rings is 1. The molecule has 0 fully saturated rings. The van der Waals surface area contributed by atoms with Crippen LogP contribution in [0.5, 0.6) is 5.75 Å². The first-order chi connectivity index (χ1) is 16.5. The fourth-order valence-electron chi connectivity index (χ4n) is 3.78. The number of aliphatic hydroxyl groups is 1. The second-order valence-electron chi connectivity index (χ2n) is 7.90. The molecule has 35 heavy (non-hydrogen) atoms. The van der Waals surface area contributed by atoms with Gasteiger partial charge < -0.3 is 24.9 Å². The first kappa shape index (κ1) is 26.8. The summed E-state index contributed by atoms with van der Waals surface area (Å²) in [5, 5.41) is 13.5. The molecule has 6 nitrogen and oxygen atoms in total. The van der Waals surface area contributed by atoms with E-state index in [1.807, 2.05) is 6.92 Å². The van der Waals surface area contributed by atoms with E-state index < -0.39 is 40.8 Å². The van der Waals surface area contributed by atoms with Crippen molar-refractivity contribution < 1.29 is 32.1 Å². The van der Waals surface area contributed by atoms with E-state index in [1.54, 1.807) is 12.1 Å². The van der Waals surface area contributed by atoms with Gasteiger partial charge in [-0.25, -0.2) is 4.39 Å². The Morgan fingerprint density at radius 3 is 2.49 bits per heavy atom. The van der Waals surface area contributed by atoms with Gasteiger partial charge in [-0.2, -0.15) is 13.2 Å². The highest BCUT2D eigenvalue weighted by Crippen LogP contribution is 2.46. The van der Waals surface area contributed by atoms with Crippen LogP contribution in [-0.4, -0.2) is 42.2 Å². The Morgan fingerprint density at radius 2 is 1.89 bits per heavy atom. The zero-order chi connectivity index (χ0) is 26.0. The minimum absolute atomic E-state index is 0.106. The predicted molar refractivity (Wildman–Crippen MR) is 126 cm³/mol. The Kier molecular flexibility index (Phi) is 7.98. The summed E-state index contributed by atoms with van der Waals surface area (Å²) in [5.41, 5.74) is -3.00. The fraction of sp³-hybridized carbons (Fsp3) is 0.375. The molecule has 0 saturated heterocycles. The van der Waals surface area contributed by atoms with Crippen molar-refractivity contribution in [1.82, 2.24) is 4.98 Å². The number of ether oxygens (including phenoxy) is 2. The number of H-pyrrole nitrogens is 1. The Morgan fingerprint density at radius 1 is 1.17 bits per heavy atom. The lowest BCUT2D eigenvalue weighted by molar-refractivity contribution is -0.281. The van der Waals surface area contributed by atoms with Crippen molar-refractivity contribution in [2.45, 2.75) is 38.1 Å². The molecule has 3 aromatic rings. The number of alkyl halides is 3. The molecule has 3 N–H and O–H groups in total. The van der Waals surface area contributed by atoms with Crippen LogP contribution in [-0.2, 0) is 11.2 Å². The van der Waals surface area contributed by atoms with Gasteiger partial charge in [-0.1, -0.05) is 24.6 Å². The quantitative estimate of drug-likeness (QED) is 0.333. The van der Waals surface area contributed by atoms with Crippen LogP contribution in [0, 0.1) is 5.82 Å². The van der Waals surface area contributed by atoms with E-state index in [1.165, 1.54) is 26.2 Å². The number of aryl methyl sites for hydroxylation is 1. The predicted octanol–water partition coefficient (Wildman–Crippen LogP) is 5.37. The van der Waals surface area contributed by atoms with Crippen molar-refractivity contribution in [2.75, 3.05) is 25.6 Å². The van der Waals surface area contributed by atoms with E-state index in [0.29, 0.717) is 22.9 Å². The van der Waals surface area contributed by atoms with Crippen LogP contribution in [0.1, 0.15) is 31.0 Å². The highest BCUT2D eigenvalue weighted by atomic mass is 35.5. The molecule has 11 heteroatoms. The average molecular weight is 517 g/mol. The maximum absolute atomic E-state index is 14.8. The summed E-state index contributed by atoms with van der Waals surface area (Å²) in [4.78, 5) is 14.5. The number of fused-ring (bicyclic) bond motifs is 1. The fourth-order valence-corrected chi connectivity index (χ4v) is 4.04. The Bertz CT molecular complexity index is 1260. The van der Waals surface area contributed by atoms with Crippen molar-refractivity contribution in [2.24, 2.45) is 0 Å². The summed E-state index contributed by atoms with van der Waals surface area (Å²) in [7, 11) is 1.19. The molecule has 0 bridgehead atoms. The summed E-state index contributed by atoms with van der Waals surface area (Å²) < 4.78 is 67.8. The third-order valence-electron chi connectivity index (χ3n) is 5.71. The highest BCUT2D eigenvalue weighted by Gasteiger charge is 2.60. The van der Waals surface area contributed by atoms with Crippen LogP contribution in [0.4, 0.5) is 23.2 Å². The maximum Gasteiger partial charge on any atom is 0.421 e. The van der Waals surface area contributed by atoms with Gasteiger partial charge >= 0.3 is 6.18 Å². The summed E-state index contributed by atoms with van der Waals surface area (Å²) >= 11 is 6.16. The van der Waals surface area contributed by atoms with Crippen molar-refractivity contribution in [3.63, 3.8) is 0 Å². The number of methoxy groups -OCH3 is 1. The molecule has 0 aliphatic heterocycles. The lowest BCUT2D eigenvalue weighted by atomic mass is 9.87. The molecule has 0 aliphatic rings. The van der Waals surface area contributed by atoms with Crippen LogP contribution in [0.2, 0.25) is 5.02 Å². The van der Waals surface area contributed by atoms with E-state index in [0.717, 1.165) is 12.1 Å². The first-order valence-corrected chi connectivity index (χ1v) is 11.2. The topological polar surface area (TPSA) is 83.6 Å². The smallest absolute Gasteiger partial charge is 0.421 e. The number of aromatic amines is 1. The molecule has 2 aromatic carbocycles. The van der Waals surface area contributed by atoms with Crippen LogP contribution < -0.4 is 15.6 Å². The van der Waals surface area contributed by atoms with Gasteiger partial charge in [-0.15, -0.1) is 0 Å². The van der Waals surface area contributed by atoms with Gasteiger partial charge in [0.05, 0.1) is 30.3 Å². The number of anilines is 1. The summed E-state index contributed by atoms with van der Waals surface area (Å²) in [6, 6.07) is 6.25. The van der Waals surface area contributed by atoms with Crippen LogP contribution in [0.25, 0.3) is 10.9 Å². The van der Waals surface area contributed by atoms with Crippen molar-refractivity contribution >= 4 is 28.2 Å². The number of hydrogen-bond acceptors (Lipinski definition) is 5. The number of halogens is 5. The zero-order valence-electron chi connectivity index (χ0n) is 19.2. The van der Waals surface area contributed by atoms with Gasteiger partial charge in [0.1, 0.15) is 0 Å². The van der Waals surface area contributed by atoms with Gasteiger partial charge in [0.2, 0.25) is 11.2 Å². The van der Waals surface area contributed by atoms with E-state index in [9.17, 15) is 27.5 Å². The summed E-state index contributed by atoms with van der Waals surface area (Å²) in [6.07, 6.45) is -4.70. The number of hydrogen-bond donors (Lipinski definition) is 3. The van der Waals surface area contributed by atoms with E-state index >= 15 is 0 Å². The molecular weight excluding hydrogens is 492 g/mol. The molecule has 1 aromatic heterocycles. The number of benzene rings is 2. The van der Waals surface area contributed by atoms with Crippen LogP contribution >= 0.6 is 11.6 Å². The minimum atomic E-state index is -5.20. The standard InChI is InChI=1S/C24H25ClF4N2O4/c1-4-13-10-16-14(7-9-19(32)30-16)17(11-13)31-22(23(33,12-35-5-2)24(27,28)29)15-6-8-18(34-3)21(26)20(15)25/h6-11,22,31,33H,4-5,12H2,1-3H3,(H,30,32). The second-order valence-corrected chi connectivity index (χ2v) is 8.28. The average Bonchev–Trinajstić information content (AvgIpc) is 2.81. The summed E-state index contributed by atoms with van der Waals surface area (Å²) in [6.45, 7) is 2.07. The SMILES string of the molecule is CCOCC(O)(C(Nc1cc(CC)cc2[nH]c(=O)ccc12)c1ccc(OC)c(F)c1Cl)C(F)(F)F. The summed E-state index contributed by atoms with van der Waals surface area (Å²) in [5.74, 6) is -1.34. The molecule has 0 amide bonds. The zero-order valence-corrected chi connectivity index (χ0v) is 20.0. The number of aromatic nitrogens is 1. The van der Waals surface area contributed by atoms with Crippen molar-refractivity contribution in [3.05, 3.63) is 68.7 Å². The molecule has 3 rings (SSSR count). The molecule has 0 aliphatic carbocycles. The Hall–Kier alpha value is -2.82. The van der Waals surface area contributed by atoms with E-state index in [2.05, 4.69) is 10.3 Å². The van der Waals surface area contributed by atoms with E-state index in [4.69, 9.17) is 21.1 Å². The number of nitrogens with one attached hydrogen (secondary N) is 2. The van der Waals surface area contributed by atoms with Gasteiger partial charge in [0, 0.05) is 23.7 Å². The lowest BCUT2D eigenvalue weighted by Crippen LogP contribution is -2.56. The number of rotatable bonds is 9. The molecule has 0 radical (unpaired) electrons. The van der Waals surface area contributed by atoms with Gasteiger partial charge in [0.15, 0.2) is 11.6 Å². The Labute approximate surface area is 203 Å². The lowest BCUT2D eigenvalue weighted by Gasteiger charge is -2.39. The maximum atomic E-state index is 14.8. The van der Waals surface area contributed by atoms with E-state index in [-0.39, 0.29) is 23.6 Å². The van der Waals surface area contributed by atoms with Gasteiger partial charge in [0.25, 0.3) is 0 Å². The normalized spacial score (nSPS) is 14.5. The molecular formula is C24H25ClF4N2O4. The molecule has 0 saturated carbocycles. The third kappa shape index (κ3) is 5.24. The molecule has 1 heterocycles.